The number of ether oxygens (including phenoxy) is 2. The number of nitrogens with one attached hydrogen (secondary N) is 1. The van der Waals surface area contributed by atoms with E-state index in [4.69, 9.17) is 9.47 Å². The Hall–Kier alpha value is -4.78. The zero-order chi connectivity index (χ0) is 28.5. The smallest absolute Gasteiger partial charge is 0.251 e. The maximum atomic E-state index is 14.1. The highest BCUT2D eigenvalue weighted by Gasteiger charge is 2.32. The molecule has 1 N–H and O–H groups in total. The molecule has 0 radical (unpaired) electrons. The summed E-state index contributed by atoms with van der Waals surface area (Å²) in [6.07, 6.45) is 0.155. The van der Waals surface area contributed by atoms with Crippen molar-refractivity contribution in [1.29, 1.82) is 0 Å². The van der Waals surface area contributed by atoms with Crippen LogP contribution in [-0.4, -0.2) is 45.0 Å². The Morgan fingerprint density at radius 3 is 1.93 bits per heavy atom. The number of carbonyl (C=O) groups is 2. The molecular formula is C33H35N3O4. The Morgan fingerprint density at radius 1 is 0.750 bits per heavy atom. The summed E-state index contributed by atoms with van der Waals surface area (Å²) in [5.41, 5.74) is 4.04. The first kappa shape index (κ1) is 28.2. The molecule has 0 aliphatic carbocycles. The first-order valence-corrected chi connectivity index (χ1v) is 13.1. The topological polar surface area (TPSA) is 71.1 Å². The number of nitrogens with zero attached hydrogens (tertiary/aromatic N) is 2. The van der Waals surface area contributed by atoms with E-state index in [1.165, 1.54) is 0 Å². The number of carbonyl (C=O) groups excluding carboxylic acids is 2. The lowest BCUT2D eigenvalue weighted by Gasteiger charge is -2.32. The predicted octanol–water partition coefficient (Wildman–Crippen LogP) is 5.72. The van der Waals surface area contributed by atoms with E-state index in [1.807, 2.05) is 104 Å². The van der Waals surface area contributed by atoms with Crippen molar-refractivity contribution < 1.29 is 19.1 Å². The Morgan fingerprint density at radius 2 is 1.35 bits per heavy atom. The monoisotopic (exact) mass is 537 g/mol. The molecule has 4 aromatic carbocycles. The summed E-state index contributed by atoms with van der Waals surface area (Å²) in [5.74, 6) is 0.508. The Labute approximate surface area is 236 Å². The van der Waals surface area contributed by atoms with Crippen LogP contribution in [0.3, 0.4) is 0 Å². The van der Waals surface area contributed by atoms with Gasteiger partial charge in [0.2, 0.25) is 5.91 Å². The average Bonchev–Trinajstić information content (AvgIpc) is 2.98. The lowest BCUT2D eigenvalue weighted by Crippen LogP contribution is -2.41. The van der Waals surface area contributed by atoms with Gasteiger partial charge in [-0.1, -0.05) is 66.7 Å². The maximum absolute atomic E-state index is 14.1. The molecule has 7 nitrogen and oxygen atoms in total. The molecule has 40 heavy (non-hydrogen) atoms. The molecule has 0 aliphatic heterocycles. The van der Waals surface area contributed by atoms with Crippen LogP contribution in [0.15, 0.2) is 103 Å². The van der Waals surface area contributed by atoms with Crippen molar-refractivity contribution in [3.63, 3.8) is 0 Å². The molecule has 0 saturated heterocycles. The molecule has 4 rings (SSSR count). The number of rotatable bonds is 11. The zero-order valence-electron chi connectivity index (χ0n) is 23.3. The van der Waals surface area contributed by atoms with Gasteiger partial charge in [-0.2, -0.15) is 0 Å². The standard InChI is InChI=1S/C33H35N3O4/c1-35(2)28-18-16-27(17-19-28)34-33(38)32(26-15-20-29(39-3)30(22-26)40-4)36(23-25-13-9-6-10-14-25)31(37)21-24-11-7-5-8-12-24/h5-20,22,32H,21,23H2,1-4H3,(H,34,38)/t32-/m1/s1. The fourth-order valence-electron chi connectivity index (χ4n) is 4.52. The summed E-state index contributed by atoms with van der Waals surface area (Å²) in [7, 11) is 7.02. The van der Waals surface area contributed by atoms with E-state index >= 15 is 0 Å². The molecule has 0 fully saturated rings. The van der Waals surface area contributed by atoms with Crippen LogP contribution in [0.2, 0.25) is 0 Å². The second-order valence-electron chi connectivity index (χ2n) is 9.62. The molecular weight excluding hydrogens is 502 g/mol. The molecule has 0 saturated carbocycles. The molecule has 0 spiro atoms. The van der Waals surface area contributed by atoms with Gasteiger partial charge in [0.05, 0.1) is 20.6 Å². The van der Waals surface area contributed by atoms with E-state index in [1.54, 1.807) is 37.3 Å². The lowest BCUT2D eigenvalue weighted by atomic mass is 10.0. The Bertz CT molecular complexity index is 1410. The van der Waals surface area contributed by atoms with Gasteiger partial charge in [0.25, 0.3) is 5.91 Å². The third-order valence-electron chi connectivity index (χ3n) is 6.65. The minimum absolute atomic E-state index is 0.155. The second-order valence-corrected chi connectivity index (χ2v) is 9.62. The third kappa shape index (κ3) is 6.99. The van der Waals surface area contributed by atoms with E-state index < -0.39 is 6.04 Å². The molecule has 0 aromatic heterocycles. The van der Waals surface area contributed by atoms with E-state index in [0.29, 0.717) is 22.7 Å². The fraction of sp³-hybridized carbons (Fsp3) is 0.212. The van der Waals surface area contributed by atoms with E-state index in [0.717, 1.165) is 16.8 Å². The van der Waals surface area contributed by atoms with E-state index in [2.05, 4.69) is 5.32 Å². The summed E-state index contributed by atoms with van der Waals surface area (Å²) in [4.78, 5) is 31.7. The van der Waals surface area contributed by atoms with Gasteiger partial charge in [-0.25, -0.2) is 0 Å². The van der Waals surface area contributed by atoms with Crippen LogP contribution < -0.4 is 19.7 Å². The van der Waals surface area contributed by atoms with Crippen LogP contribution in [0.1, 0.15) is 22.7 Å². The van der Waals surface area contributed by atoms with Gasteiger partial charge in [0, 0.05) is 32.0 Å². The van der Waals surface area contributed by atoms with Crippen molar-refractivity contribution in [3.8, 4) is 11.5 Å². The number of methoxy groups -OCH3 is 2. The van der Waals surface area contributed by atoms with E-state index in [-0.39, 0.29) is 24.8 Å². The SMILES string of the molecule is COc1ccc([C@H](C(=O)Nc2ccc(N(C)C)cc2)N(Cc2ccccc2)C(=O)Cc2ccccc2)cc1OC. The zero-order valence-corrected chi connectivity index (χ0v) is 23.3. The van der Waals surface area contributed by atoms with E-state index in [9.17, 15) is 9.59 Å². The number of hydrogen-bond acceptors (Lipinski definition) is 5. The molecule has 4 aromatic rings. The Balaban J connectivity index is 1.77. The van der Waals surface area contributed by atoms with Gasteiger partial charge in [-0.05, 0) is 53.1 Å². The normalized spacial score (nSPS) is 11.3. The maximum Gasteiger partial charge on any atom is 0.251 e. The van der Waals surface area contributed by atoms with Crippen molar-refractivity contribution in [2.24, 2.45) is 0 Å². The molecule has 0 bridgehead atoms. The first-order chi connectivity index (χ1) is 19.4. The van der Waals surface area contributed by atoms with Gasteiger partial charge >= 0.3 is 0 Å². The molecule has 7 heteroatoms. The highest BCUT2D eigenvalue weighted by molar-refractivity contribution is 5.98. The quantitative estimate of drug-likeness (QED) is 0.265. The number of hydrogen-bond donors (Lipinski definition) is 1. The van der Waals surface area contributed by atoms with Crippen LogP contribution in [0.4, 0.5) is 11.4 Å². The van der Waals surface area contributed by atoms with Crippen molar-refractivity contribution in [3.05, 3.63) is 120 Å². The van der Waals surface area contributed by atoms with Crippen molar-refractivity contribution in [2.75, 3.05) is 38.5 Å². The minimum atomic E-state index is -0.940. The number of benzene rings is 4. The van der Waals surface area contributed by atoms with Crippen LogP contribution >= 0.6 is 0 Å². The van der Waals surface area contributed by atoms with Crippen LogP contribution in [-0.2, 0) is 22.6 Å². The largest absolute Gasteiger partial charge is 0.493 e. The van der Waals surface area contributed by atoms with Crippen LogP contribution in [0, 0.1) is 0 Å². The van der Waals surface area contributed by atoms with Crippen molar-refractivity contribution >= 4 is 23.2 Å². The first-order valence-electron chi connectivity index (χ1n) is 13.1. The van der Waals surface area contributed by atoms with Crippen LogP contribution in [0.5, 0.6) is 11.5 Å². The highest BCUT2D eigenvalue weighted by Crippen LogP contribution is 2.34. The minimum Gasteiger partial charge on any atom is -0.493 e. The summed E-state index contributed by atoms with van der Waals surface area (Å²) in [6.45, 7) is 0.249. The third-order valence-corrected chi connectivity index (χ3v) is 6.65. The molecule has 0 heterocycles. The number of amides is 2. The van der Waals surface area contributed by atoms with Crippen LogP contribution in [0.25, 0.3) is 0 Å². The molecule has 1 atom stereocenters. The predicted molar refractivity (Wildman–Crippen MR) is 159 cm³/mol. The fourth-order valence-corrected chi connectivity index (χ4v) is 4.52. The summed E-state index contributed by atoms with van der Waals surface area (Å²) in [5, 5.41) is 3.03. The average molecular weight is 538 g/mol. The summed E-state index contributed by atoms with van der Waals surface area (Å²) < 4.78 is 11.0. The van der Waals surface area contributed by atoms with Crippen molar-refractivity contribution in [1.82, 2.24) is 4.90 Å². The molecule has 0 unspecified atom stereocenters. The van der Waals surface area contributed by atoms with Crippen molar-refractivity contribution in [2.45, 2.75) is 19.0 Å². The molecule has 206 valence electrons. The Kier molecular flexibility index (Phi) is 9.41. The van der Waals surface area contributed by atoms with Gasteiger partial charge in [-0.3, -0.25) is 9.59 Å². The highest BCUT2D eigenvalue weighted by atomic mass is 16.5. The lowest BCUT2D eigenvalue weighted by molar-refractivity contribution is -0.139. The molecule has 2 amide bonds. The summed E-state index contributed by atoms with van der Waals surface area (Å²) in [6, 6.07) is 31.2. The second kappa shape index (κ2) is 13.3. The van der Waals surface area contributed by atoms with Gasteiger partial charge in [0.1, 0.15) is 6.04 Å². The van der Waals surface area contributed by atoms with Gasteiger partial charge in [-0.15, -0.1) is 0 Å². The molecule has 0 aliphatic rings. The summed E-state index contributed by atoms with van der Waals surface area (Å²) >= 11 is 0. The van der Waals surface area contributed by atoms with Gasteiger partial charge in [0.15, 0.2) is 11.5 Å². The number of anilines is 2. The van der Waals surface area contributed by atoms with Gasteiger partial charge < -0.3 is 24.6 Å².